The SMILES string of the molecule is CC(Cc1cccc2ccn(CC3CCC3)c12)C(=O)O. The van der Waals surface area contributed by atoms with Crippen LogP contribution in [0.15, 0.2) is 30.5 Å². The number of carboxylic acid groups (broad SMARTS) is 1. The molecule has 0 radical (unpaired) electrons. The lowest BCUT2D eigenvalue weighted by molar-refractivity contribution is -0.141. The molecule has 0 spiro atoms. The number of nitrogens with zero attached hydrogens (tertiary/aromatic N) is 1. The molecule has 0 bridgehead atoms. The van der Waals surface area contributed by atoms with Crippen LogP contribution in [-0.4, -0.2) is 15.6 Å². The van der Waals surface area contributed by atoms with Gasteiger partial charge in [0.25, 0.3) is 0 Å². The van der Waals surface area contributed by atoms with Gasteiger partial charge in [0.1, 0.15) is 0 Å². The van der Waals surface area contributed by atoms with E-state index in [4.69, 9.17) is 5.11 Å². The highest BCUT2D eigenvalue weighted by Crippen LogP contribution is 2.30. The number of fused-ring (bicyclic) bond motifs is 1. The predicted molar refractivity (Wildman–Crippen MR) is 79.8 cm³/mol. The molecule has 1 aliphatic rings. The molecule has 3 rings (SSSR count). The number of hydrogen-bond donors (Lipinski definition) is 1. The smallest absolute Gasteiger partial charge is 0.306 e. The Bertz CT molecular complexity index is 625. The third-order valence-corrected chi connectivity index (χ3v) is 4.50. The van der Waals surface area contributed by atoms with E-state index in [-0.39, 0.29) is 5.92 Å². The number of benzene rings is 1. The van der Waals surface area contributed by atoms with Crippen molar-refractivity contribution in [1.29, 1.82) is 0 Å². The minimum atomic E-state index is -0.723. The van der Waals surface area contributed by atoms with Gasteiger partial charge in [0.15, 0.2) is 0 Å². The van der Waals surface area contributed by atoms with Crippen LogP contribution in [0.2, 0.25) is 0 Å². The maximum atomic E-state index is 11.1. The van der Waals surface area contributed by atoms with Crippen LogP contribution in [0.25, 0.3) is 10.9 Å². The van der Waals surface area contributed by atoms with Crippen LogP contribution in [0.3, 0.4) is 0 Å². The predicted octanol–water partition coefficient (Wildman–Crippen LogP) is 3.70. The number of aliphatic carboxylic acids is 1. The molecule has 1 fully saturated rings. The fourth-order valence-electron chi connectivity index (χ4n) is 3.03. The van der Waals surface area contributed by atoms with Crippen molar-refractivity contribution in [2.45, 2.75) is 39.2 Å². The van der Waals surface area contributed by atoms with Crippen molar-refractivity contribution in [3.63, 3.8) is 0 Å². The maximum absolute atomic E-state index is 11.1. The topological polar surface area (TPSA) is 42.2 Å². The van der Waals surface area contributed by atoms with Crippen molar-refractivity contribution in [2.24, 2.45) is 11.8 Å². The molecule has 1 atom stereocenters. The van der Waals surface area contributed by atoms with E-state index in [1.54, 1.807) is 6.92 Å². The number of hydrogen-bond acceptors (Lipinski definition) is 1. The number of carbonyl (C=O) groups is 1. The van der Waals surface area contributed by atoms with Crippen LogP contribution in [0.5, 0.6) is 0 Å². The Kier molecular flexibility index (Phi) is 3.51. The summed E-state index contributed by atoms with van der Waals surface area (Å²) in [5, 5.41) is 10.3. The Hall–Kier alpha value is -1.77. The monoisotopic (exact) mass is 271 g/mol. The number of rotatable bonds is 5. The third-order valence-electron chi connectivity index (χ3n) is 4.50. The Morgan fingerprint density at radius 2 is 2.20 bits per heavy atom. The maximum Gasteiger partial charge on any atom is 0.306 e. The van der Waals surface area contributed by atoms with E-state index in [1.165, 1.54) is 30.2 Å². The largest absolute Gasteiger partial charge is 0.481 e. The number of para-hydroxylation sites is 1. The van der Waals surface area contributed by atoms with Gasteiger partial charge in [0.2, 0.25) is 0 Å². The van der Waals surface area contributed by atoms with Crippen LogP contribution < -0.4 is 0 Å². The van der Waals surface area contributed by atoms with Crippen molar-refractivity contribution in [3.05, 3.63) is 36.0 Å². The summed E-state index contributed by atoms with van der Waals surface area (Å²) in [5.74, 6) is -0.262. The Morgan fingerprint density at radius 3 is 2.85 bits per heavy atom. The molecule has 0 amide bonds. The second kappa shape index (κ2) is 5.31. The summed E-state index contributed by atoms with van der Waals surface area (Å²) < 4.78 is 2.32. The lowest BCUT2D eigenvalue weighted by Gasteiger charge is -2.26. The highest BCUT2D eigenvalue weighted by molar-refractivity contribution is 5.84. The van der Waals surface area contributed by atoms with E-state index in [0.29, 0.717) is 6.42 Å². The molecule has 1 saturated carbocycles. The molecule has 1 heterocycles. The van der Waals surface area contributed by atoms with E-state index in [9.17, 15) is 4.79 Å². The van der Waals surface area contributed by atoms with Gasteiger partial charge in [-0.1, -0.05) is 31.5 Å². The van der Waals surface area contributed by atoms with Gasteiger partial charge in [0, 0.05) is 12.7 Å². The molecule has 1 aromatic carbocycles. The number of carboxylic acids is 1. The van der Waals surface area contributed by atoms with Crippen LogP contribution >= 0.6 is 0 Å². The van der Waals surface area contributed by atoms with Gasteiger partial charge in [-0.05, 0) is 42.2 Å². The molecular weight excluding hydrogens is 250 g/mol. The molecule has 20 heavy (non-hydrogen) atoms. The van der Waals surface area contributed by atoms with Crippen molar-refractivity contribution in [1.82, 2.24) is 4.57 Å². The molecule has 1 aromatic heterocycles. The first-order valence-electron chi connectivity index (χ1n) is 7.44. The van der Waals surface area contributed by atoms with Crippen LogP contribution in [0.4, 0.5) is 0 Å². The third kappa shape index (κ3) is 2.45. The van der Waals surface area contributed by atoms with Crippen molar-refractivity contribution in [2.75, 3.05) is 0 Å². The molecule has 106 valence electrons. The van der Waals surface area contributed by atoms with Gasteiger partial charge >= 0.3 is 5.97 Å². The summed E-state index contributed by atoms with van der Waals surface area (Å²) in [7, 11) is 0. The first-order valence-corrected chi connectivity index (χ1v) is 7.44. The summed E-state index contributed by atoms with van der Waals surface area (Å²) in [4.78, 5) is 11.1. The Morgan fingerprint density at radius 1 is 1.40 bits per heavy atom. The molecule has 3 nitrogen and oxygen atoms in total. The zero-order chi connectivity index (χ0) is 14.1. The summed E-state index contributed by atoms with van der Waals surface area (Å²) in [6.45, 7) is 2.85. The fourth-order valence-corrected chi connectivity index (χ4v) is 3.03. The second-order valence-electron chi connectivity index (χ2n) is 6.06. The lowest BCUT2D eigenvalue weighted by atomic mass is 9.85. The fraction of sp³-hybridized carbons (Fsp3) is 0.471. The Labute approximate surface area is 119 Å². The van der Waals surface area contributed by atoms with E-state index in [1.807, 2.05) is 6.07 Å². The van der Waals surface area contributed by atoms with E-state index < -0.39 is 5.97 Å². The van der Waals surface area contributed by atoms with Gasteiger partial charge in [-0.25, -0.2) is 0 Å². The van der Waals surface area contributed by atoms with Gasteiger partial charge in [-0.2, -0.15) is 0 Å². The highest BCUT2D eigenvalue weighted by atomic mass is 16.4. The minimum Gasteiger partial charge on any atom is -0.481 e. The van der Waals surface area contributed by atoms with Crippen LogP contribution in [0, 0.1) is 11.8 Å². The molecular formula is C17H21NO2. The zero-order valence-corrected chi connectivity index (χ0v) is 11.9. The molecule has 1 aliphatic carbocycles. The zero-order valence-electron chi connectivity index (χ0n) is 11.9. The van der Waals surface area contributed by atoms with Gasteiger partial charge in [-0.15, -0.1) is 0 Å². The first-order chi connectivity index (χ1) is 9.65. The molecule has 1 unspecified atom stereocenters. The van der Waals surface area contributed by atoms with Crippen molar-refractivity contribution >= 4 is 16.9 Å². The standard InChI is InChI=1S/C17H21NO2/c1-12(17(19)20)10-15-7-3-6-14-8-9-18(16(14)15)11-13-4-2-5-13/h3,6-9,12-13H,2,4-5,10-11H2,1H3,(H,19,20). The van der Waals surface area contributed by atoms with Gasteiger partial charge in [0.05, 0.1) is 11.4 Å². The highest BCUT2D eigenvalue weighted by Gasteiger charge is 2.20. The molecule has 0 aliphatic heterocycles. The second-order valence-corrected chi connectivity index (χ2v) is 6.06. The van der Waals surface area contributed by atoms with Crippen molar-refractivity contribution in [3.8, 4) is 0 Å². The van der Waals surface area contributed by atoms with Crippen LogP contribution in [-0.2, 0) is 17.8 Å². The summed E-state index contributed by atoms with van der Waals surface area (Å²) in [6, 6.07) is 8.35. The van der Waals surface area contributed by atoms with Crippen molar-refractivity contribution < 1.29 is 9.90 Å². The summed E-state index contributed by atoms with van der Waals surface area (Å²) in [6.07, 6.45) is 6.76. The molecule has 3 heteroatoms. The van der Waals surface area contributed by atoms with Gasteiger partial charge in [-0.3, -0.25) is 4.79 Å². The van der Waals surface area contributed by atoms with E-state index in [0.717, 1.165) is 18.0 Å². The molecule has 0 saturated heterocycles. The Balaban J connectivity index is 1.93. The summed E-state index contributed by atoms with van der Waals surface area (Å²) in [5.41, 5.74) is 2.38. The van der Waals surface area contributed by atoms with E-state index >= 15 is 0 Å². The van der Waals surface area contributed by atoms with Crippen LogP contribution in [0.1, 0.15) is 31.7 Å². The molecule has 1 N–H and O–H groups in total. The van der Waals surface area contributed by atoms with E-state index in [2.05, 4.69) is 29.0 Å². The average Bonchev–Trinajstić information content (AvgIpc) is 2.78. The van der Waals surface area contributed by atoms with Gasteiger partial charge < -0.3 is 9.67 Å². The lowest BCUT2D eigenvalue weighted by Crippen LogP contribution is -2.18. The minimum absolute atomic E-state index is 0.340. The quantitative estimate of drug-likeness (QED) is 0.900. The summed E-state index contributed by atoms with van der Waals surface area (Å²) >= 11 is 0. The molecule has 2 aromatic rings. The average molecular weight is 271 g/mol. The number of aromatic nitrogens is 1. The normalized spacial score (nSPS) is 17.1. The first kappa shape index (κ1) is 13.2.